The van der Waals surface area contributed by atoms with Crippen LogP contribution in [-0.4, -0.2) is 0 Å². The molecule has 1 unspecified atom stereocenters. The minimum Gasteiger partial charge on any atom is -0.0835 e. The molecule has 3 heteroatoms. The number of alkyl halides is 1. The van der Waals surface area contributed by atoms with Crippen molar-refractivity contribution in [2.45, 2.75) is 24.6 Å². The molecule has 0 aromatic heterocycles. The lowest BCUT2D eigenvalue weighted by atomic mass is 10.1. The van der Waals surface area contributed by atoms with Crippen LogP contribution in [0.2, 0.25) is 0 Å². The van der Waals surface area contributed by atoms with Crippen LogP contribution in [0.5, 0.6) is 0 Å². The lowest BCUT2D eigenvalue weighted by molar-refractivity contribution is 0.818. The molecule has 0 spiro atoms. The molecule has 1 fully saturated rings. The number of hydrogen-bond donors (Lipinski definition) is 0. The van der Waals surface area contributed by atoms with E-state index < -0.39 is 0 Å². The van der Waals surface area contributed by atoms with Crippen LogP contribution in [0, 0.1) is 12.8 Å². The van der Waals surface area contributed by atoms with Crippen LogP contribution in [-0.2, 0) is 0 Å². The van der Waals surface area contributed by atoms with E-state index in [4.69, 9.17) is 0 Å². The van der Waals surface area contributed by atoms with Crippen LogP contribution >= 0.6 is 47.8 Å². The topological polar surface area (TPSA) is 0 Å². The highest BCUT2D eigenvalue weighted by Crippen LogP contribution is 2.48. The van der Waals surface area contributed by atoms with Crippen LogP contribution in [0.4, 0.5) is 0 Å². The SMILES string of the molecule is Cc1cc(Br)c(C(Br)C2CC2)cc1Br. The average molecular weight is 383 g/mol. The molecular weight excluding hydrogens is 372 g/mol. The van der Waals surface area contributed by atoms with E-state index in [0.29, 0.717) is 4.83 Å². The zero-order valence-electron chi connectivity index (χ0n) is 7.86. The van der Waals surface area contributed by atoms with Gasteiger partial charge in [-0.15, -0.1) is 0 Å². The van der Waals surface area contributed by atoms with Gasteiger partial charge in [-0.3, -0.25) is 0 Å². The van der Waals surface area contributed by atoms with Crippen molar-refractivity contribution in [3.8, 4) is 0 Å². The fourth-order valence-electron chi connectivity index (χ4n) is 1.52. The minimum atomic E-state index is 0.508. The quantitative estimate of drug-likeness (QED) is 0.603. The summed E-state index contributed by atoms with van der Waals surface area (Å²) in [7, 11) is 0. The van der Waals surface area contributed by atoms with Crippen molar-refractivity contribution < 1.29 is 0 Å². The van der Waals surface area contributed by atoms with E-state index >= 15 is 0 Å². The Morgan fingerprint density at radius 2 is 1.86 bits per heavy atom. The highest BCUT2D eigenvalue weighted by Gasteiger charge is 2.31. The summed E-state index contributed by atoms with van der Waals surface area (Å²) in [6, 6.07) is 4.40. The zero-order chi connectivity index (χ0) is 10.3. The van der Waals surface area contributed by atoms with E-state index in [1.807, 2.05) is 0 Å². The molecule has 0 saturated heterocycles. The Bertz CT molecular complexity index is 356. The molecule has 1 aromatic carbocycles. The van der Waals surface area contributed by atoms with E-state index in [-0.39, 0.29) is 0 Å². The van der Waals surface area contributed by atoms with Gasteiger partial charge in [0.15, 0.2) is 0 Å². The molecule has 76 valence electrons. The number of halogens is 3. The van der Waals surface area contributed by atoms with Crippen molar-refractivity contribution in [1.29, 1.82) is 0 Å². The molecule has 1 saturated carbocycles. The Kier molecular flexibility index (Phi) is 3.40. The van der Waals surface area contributed by atoms with Crippen molar-refractivity contribution in [2.24, 2.45) is 5.92 Å². The smallest absolute Gasteiger partial charge is 0.0435 e. The lowest BCUT2D eigenvalue weighted by Gasteiger charge is -2.13. The minimum absolute atomic E-state index is 0.508. The highest BCUT2D eigenvalue weighted by atomic mass is 79.9. The van der Waals surface area contributed by atoms with E-state index in [2.05, 4.69) is 66.8 Å². The van der Waals surface area contributed by atoms with Crippen molar-refractivity contribution in [3.05, 3.63) is 32.2 Å². The molecular formula is C11H11Br3. The van der Waals surface area contributed by atoms with E-state index in [1.165, 1.54) is 32.9 Å². The summed E-state index contributed by atoms with van der Waals surface area (Å²) >= 11 is 11.0. The predicted octanol–water partition coefficient (Wildman–Crippen LogP) is 5.37. The summed E-state index contributed by atoms with van der Waals surface area (Å²) in [5, 5.41) is 0. The predicted molar refractivity (Wildman–Crippen MR) is 71.0 cm³/mol. The Labute approximate surface area is 110 Å². The van der Waals surface area contributed by atoms with Gasteiger partial charge in [0.2, 0.25) is 0 Å². The van der Waals surface area contributed by atoms with E-state index in [0.717, 1.165) is 5.92 Å². The Balaban J connectivity index is 2.36. The number of benzene rings is 1. The van der Waals surface area contributed by atoms with Crippen LogP contribution < -0.4 is 0 Å². The van der Waals surface area contributed by atoms with Gasteiger partial charge in [0.1, 0.15) is 0 Å². The molecule has 2 rings (SSSR count). The first-order chi connectivity index (χ1) is 6.59. The number of hydrogen-bond acceptors (Lipinski definition) is 0. The maximum atomic E-state index is 3.77. The van der Waals surface area contributed by atoms with Gasteiger partial charge in [-0.25, -0.2) is 0 Å². The monoisotopic (exact) mass is 380 g/mol. The second kappa shape index (κ2) is 4.26. The maximum absolute atomic E-state index is 3.77. The molecule has 0 radical (unpaired) electrons. The summed E-state index contributed by atoms with van der Waals surface area (Å²) in [6.07, 6.45) is 2.71. The second-order valence-electron chi connectivity index (χ2n) is 3.86. The normalized spacial score (nSPS) is 18.3. The largest absolute Gasteiger partial charge is 0.0835 e. The van der Waals surface area contributed by atoms with Gasteiger partial charge in [0.25, 0.3) is 0 Å². The first-order valence-corrected chi connectivity index (χ1v) is 7.19. The molecule has 1 aromatic rings. The first kappa shape index (κ1) is 11.2. The van der Waals surface area contributed by atoms with Crippen molar-refractivity contribution >= 4 is 47.8 Å². The van der Waals surface area contributed by atoms with Gasteiger partial charge >= 0.3 is 0 Å². The molecule has 0 aliphatic heterocycles. The fraction of sp³-hybridized carbons (Fsp3) is 0.455. The fourth-order valence-corrected chi connectivity index (χ4v) is 3.80. The highest BCUT2D eigenvalue weighted by molar-refractivity contribution is 9.11. The molecule has 0 N–H and O–H groups in total. The van der Waals surface area contributed by atoms with Crippen LogP contribution in [0.25, 0.3) is 0 Å². The van der Waals surface area contributed by atoms with Gasteiger partial charge in [0.05, 0.1) is 0 Å². The third-order valence-corrected chi connectivity index (χ3v) is 5.39. The molecule has 1 atom stereocenters. The van der Waals surface area contributed by atoms with Gasteiger partial charge in [-0.05, 0) is 48.9 Å². The Hall–Kier alpha value is 0.660. The standard InChI is InChI=1S/C11H11Br3/c1-6-4-10(13)8(5-9(6)12)11(14)7-2-3-7/h4-5,7,11H,2-3H2,1H3. The molecule has 0 nitrogen and oxygen atoms in total. The van der Waals surface area contributed by atoms with Crippen LogP contribution in [0.15, 0.2) is 21.1 Å². The lowest BCUT2D eigenvalue weighted by Crippen LogP contribution is -1.94. The van der Waals surface area contributed by atoms with E-state index in [9.17, 15) is 0 Å². The molecule has 0 amide bonds. The van der Waals surface area contributed by atoms with Gasteiger partial charge in [-0.2, -0.15) is 0 Å². The average Bonchev–Trinajstić information content (AvgIpc) is 2.93. The number of aryl methyl sites for hydroxylation is 1. The van der Waals surface area contributed by atoms with Crippen molar-refractivity contribution in [1.82, 2.24) is 0 Å². The third kappa shape index (κ3) is 2.25. The maximum Gasteiger partial charge on any atom is 0.0435 e. The number of rotatable bonds is 2. The van der Waals surface area contributed by atoms with Crippen molar-refractivity contribution in [3.63, 3.8) is 0 Å². The van der Waals surface area contributed by atoms with E-state index in [1.54, 1.807) is 0 Å². The second-order valence-corrected chi connectivity index (χ2v) is 6.56. The van der Waals surface area contributed by atoms with Gasteiger partial charge in [-0.1, -0.05) is 47.8 Å². The summed E-state index contributed by atoms with van der Waals surface area (Å²) in [6.45, 7) is 2.11. The summed E-state index contributed by atoms with van der Waals surface area (Å²) in [4.78, 5) is 0.508. The molecule has 0 bridgehead atoms. The summed E-state index contributed by atoms with van der Waals surface area (Å²) in [5.74, 6) is 0.834. The summed E-state index contributed by atoms with van der Waals surface area (Å²) in [5.41, 5.74) is 2.64. The Morgan fingerprint density at radius 1 is 1.21 bits per heavy atom. The Morgan fingerprint density at radius 3 is 2.43 bits per heavy atom. The van der Waals surface area contributed by atoms with Gasteiger partial charge in [0, 0.05) is 13.8 Å². The van der Waals surface area contributed by atoms with Crippen LogP contribution in [0.1, 0.15) is 28.8 Å². The zero-order valence-corrected chi connectivity index (χ0v) is 12.6. The van der Waals surface area contributed by atoms with Crippen molar-refractivity contribution in [2.75, 3.05) is 0 Å². The molecule has 1 aliphatic carbocycles. The van der Waals surface area contributed by atoms with Gasteiger partial charge < -0.3 is 0 Å². The van der Waals surface area contributed by atoms with Crippen LogP contribution in [0.3, 0.4) is 0 Å². The summed E-state index contributed by atoms with van der Waals surface area (Å²) < 4.78 is 2.41. The molecule has 14 heavy (non-hydrogen) atoms. The third-order valence-electron chi connectivity index (χ3n) is 2.61. The molecule has 1 aliphatic rings. The molecule has 0 heterocycles. The first-order valence-electron chi connectivity index (χ1n) is 4.69.